The van der Waals surface area contributed by atoms with Crippen molar-refractivity contribution in [3.8, 4) is 0 Å². The van der Waals surface area contributed by atoms with Gasteiger partial charge in [-0.1, -0.05) is 62.8 Å². The number of benzene rings is 2. The molecular formula is C26H32N2. The predicted octanol–water partition coefficient (Wildman–Crippen LogP) is 7.46. The van der Waals surface area contributed by atoms with Gasteiger partial charge in [0, 0.05) is 5.69 Å². The molecule has 5 rings (SSSR count). The summed E-state index contributed by atoms with van der Waals surface area (Å²) in [7, 11) is 0. The molecule has 0 spiro atoms. The molecule has 0 N–H and O–H groups in total. The van der Waals surface area contributed by atoms with Crippen molar-refractivity contribution in [2.24, 2.45) is 4.99 Å². The highest BCUT2D eigenvalue weighted by atomic mass is 15.2. The number of hydrogen-bond acceptors (Lipinski definition) is 2. The highest BCUT2D eigenvalue weighted by Crippen LogP contribution is 2.37. The summed E-state index contributed by atoms with van der Waals surface area (Å²) in [5.41, 5.74) is 6.84. The second-order valence-corrected chi connectivity index (χ2v) is 9.02. The number of hydrogen-bond donors (Lipinski definition) is 0. The number of anilines is 1. The smallest absolute Gasteiger partial charge is 0.0960 e. The Balaban J connectivity index is 1.32. The van der Waals surface area contributed by atoms with Crippen LogP contribution in [0.25, 0.3) is 0 Å². The van der Waals surface area contributed by atoms with Gasteiger partial charge in [0.2, 0.25) is 0 Å². The van der Waals surface area contributed by atoms with E-state index in [0.29, 0.717) is 0 Å². The van der Waals surface area contributed by atoms with Gasteiger partial charge in [-0.2, -0.15) is 0 Å². The summed E-state index contributed by atoms with van der Waals surface area (Å²) in [6, 6.07) is 16.3. The third kappa shape index (κ3) is 3.74. The fourth-order valence-electron chi connectivity index (χ4n) is 5.44. The SMILES string of the molecule is C1=Nc2ccc(C3CCCCC3)cc2CN1c1ccc(C2CCCCC2)cc1. The van der Waals surface area contributed by atoms with Crippen molar-refractivity contribution in [1.29, 1.82) is 0 Å². The van der Waals surface area contributed by atoms with Crippen molar-refractivity contribution in [1.82, 2.24) is 0 Å². The molecule has 146 valence electrons. The lowest BCUT2D eigenvalue weighted by atomic mass is 9.83. The highest BCUT2D eigenvalue weighted by molar-refractivity contribution is 5.84. The first-order valence-corrected chi connectivity index (χ1v) is 11.4. The summed E-state index contributed by atoms with van der Waals surface area (Å²) in [5, 5.41) is 0. The van der Waals surface area contributed by atoms with E-state index in [0.717, 1.165) is 24.1 Å². The Morgan fingerprint density at radius 3 is 1.96 bits per heavy atom. The molecule has 0 saturated heterocycles. The van der Waals surface area contributed by atoms with E-state index < -0.39 is 0 Å². The van der Waals surface area contributed by atoms with Crippen LogP contribution in [0.3, 0.4) is 0 Å². The molecule has 2 nitrogen and oxygen atoms in total. The zero-order valence-corrected chi connectivity index (χ0v) is 16.9. The predicted molar refractivity (Wildman–Crippen MR) is 119 cm³/mol. The Morgan fingerprint density at radius 1 is 0.679 bits per heavy atom. The molecule has 3 aliphatic rings. The second kappa shape index (κ2) is 8.11. The fourth-order valence-corrected chi connectivity index (χ4v) is 5.44. The second-order valence-electron chi connectivity index (χ2n) is 9.02. The van der Waals surface area contributed by atoms with E-state index in [9.17, 15) is 0 Å². The summed E-state index contributed by atoms with van der Waals surface area (Å²) in [6.45, 7) is 0.933. The van der Waals surface area contributed by atoms with Crippen LogP contribution >= 0.6 is 0 Å². The van der Waals surface area contributed by atoms with Gasteiger partial charge in [0.1, 0.15) is 0 Å². The minimum Gasteiger partial charge on any atom is -0.328 e. The standard InChI is InChI=1S/C26H32N2/c1-3-7-20(8-4-1)22-11-14-25(15-12-22)28-18-24-17-23(13-16-26(24)27-19-28)21-9-5-2-6-10-21/h11-17,19-21H,1-10,18H2. The topological polar surface area (TPSA) is 15.6 Å². The van der Waals surface area contributed by atoms with Gasteiger partial charge in [-0.3, -0.25) is 0 Å². The molecule has 2 aromatic rings. The lowest BCUT2D eigenvalue weighted by Crippen LogP contribution is -2.23. The lowest BCUT2D eigenvalue weighted by Gasteiger charge is -2.28. The largest absolute Gasteiger partial charge is 0.328 e. The lowest BCUT2D eigenvalue weighted by molar-refractivity contribution is 0.443. The Kier molecular flexibility index (Phi) is 5.20. The first kappa shape index (κ1) is 18.0. The van der Waals surface area contributed by atoms with Crippen LogP contribution < -0.4 is 4.90 Å². The molecular weight excluding hydrogens is 340 g/mol. The Morgan fingerprint density at radius 2 is 1.29 bits per heavy atom. The van der Waals surface area contributed by atoms with Gasteiger partial charge in [0.15, 0.2) is 0 Å². The number of fused-ring (bicyclic) bond motifs is 1. The van der Waals surface area contributed by atoms with Crippen molar-refractivity contribution >= 4 is 17.7 Å². The zero-order valence-electron chi connectivity index (χ0n) is 16.9. The maximum Gasteiger partial charge on any atom is 0.0960 e. The highest BCUT2D eigenvalue weighted by Gasteiger charge is 2.20. The third-order valence-corrected chi connectivity index (χ3v) is 7.16. The fraction of sp³-hybridized carbons (Fsp3) is 0.500. The molecule has 2 saturated carbocycles. The molecule has 1 aliphatic heterocycles. The Bertz CT molecular complexity index is 824. The monoisotopic (exact) mass is 372 g/mol. The Labute approximate surface area is 169 Å². The number of rotatable bonds is 3. The molecule has 1 heterocycles. The average Bonchev–Trinajstić information content (AvgIpc) is 2.80. The van der Waals surface area contributed by atoms with Gasteiger partial charge in [0.25, 0.3) is 0 Å². The van der Waals surface area contributed by atoms with E-state index in [1.165, 1.54) is 86.6 Å². The molecule has 2 heteroatoms. The maximum atomic E-state index is 4.75. The van der Waals surface area contributed by atoms with Gasteiger partial charge >= 0.3 is 0 Å². The minimum atomic E-state index is 0.758. The first-order valence-electron chi connectivity index (χ1n) is 11.4. The van der Waals surface area contributed by atoms with Gasteiger partial charge in [0.05, 0.1) is 18.6 Å². The molecule has 2 fully saturated rings. The molecule has 2 aliphatic carbocycles. The zero-order chi connectivity index (χ0) is 18.8. The van der Waals surface area contributed by atoms with E-state index in [1.54, 1.807) is 0 Å². The molecule has 0 atom stereocenters. The molecule has 0 amide bonds. The summed E-state index contributed by atoms with van der Waals surface area (Å²) in [4.78, 5) is 7.05. The first-order chi connectivity index (χ1) is 13.9. The molecule has 28 heavy (non-hydrogen) atoms. The van der Waals surface area contributed by atoms with Crippen LogP contribution in [0, 0.1) is 0 Å². The third-order valence-electron chi connectivity index (χ3n) is 7.16. The minimum absolute atomic E-state index is 0.758. The van der Waals surface area contributed by atoms with Crippen molar-refractivity contribution in [3.63, 3.8) is 0 Å². The van der Waals surface area contributed by atoms with Crippen molar-refractivity contribution in [2.75, 3.05) is 4.90 Å². The van der Waals surface area contributed by atoms with E-state index in [1.807, 2.05) is 6.34 Å². The van der Waals surface area contributed by atoms with Crippen molar-refractivity contribution < 1.29 is 0 Å². The van der Waals surface area contributed by atoms with Crippen LogP contribution in [0.5, 0.6) is 0 Å². The van der Waals surface area contributed by atoms with E-state index >= 15 is 0 Å². The van der Waals surface area contributed by atoms with E-state index in [4.69, 9.17) is 4.99 Å². The van der Waals surface area contributed by atoms with Gasteiger partial charge < -0.3 is 4.90 Å². The molecule has 0 bridgehead atoms. The van der Waals surface area contributed by atoms with Crippen molar-refractivity contribution in [3.05, 3.63) is 59.2 Å². The summed E-state index contributed by atoms with van der Waals surface area (Å²) >= 11 is 0. The molecule has 0 radical (unpaired) electrons. The number of nitrogens with zero attached hydrogens (tertiary/aromatic N) is 2. The summed E-state index contributed by atoms with van der Waals surface area (Å²) in [6.07, 6.45) is 15.8. The summed E-state index contributed by atoms with van der Waals surface area (Å²) in [5.74, 6) is 1.53. The normalized spacial score (nSPS) is 20.9. The molecule has 0 aromatic heterocycles. The van der Waals surface area contributed by atoms with Crippen LogP contribution in [-0.4, -0.2) is 6.34 Å². The summed E-state index contributed by atoms with van der Waals surface area (Å²) < 4.78 is 0. The van der Waals surface area contributed by atoms with Crippen LogP contribution in [0.2, 0.25) is 0 Å². The number of aliphatic imine (C=N–C) groups is 1. The van der Waals surface area contributed by atoms with Crippen molar-refractivity contribution in [2.45, 2.75) is 82.6 Å². The average molecular weight is 373 g/mol. The van der Waals surface area contributed by atoms with Gasteiger partial charge in [-0.25, -0.2) is 4.99 Å². The van der Waals surface area contributed by atoms with Gasteiger partial charge in [-0.15, -0.1) is 0 Å². The maximum absolute atomic E-state index is 4.75. The van der Waals surface area contributed by atoms with E-state index in [2.05, 4.69) is 47.4 Å². The van der Waals surface area contributed by atoms with Crippen LogP contribution in [0.4, 0.5) is 11.4 Å². The molecule has 2 aromatic carbocycles. The molecule has 0 unspecified atom stereocenters. The van der Waals surface area contributed by atoms with Crippen LogP contribution in [0.15, 0.2) is 47.5 Å². The quantitative estimate of drug-likeness (QED) is 0.546. The van der Waals surface area contributed by atoms with Crippen LogP contribution in [0.1, 0.15) is 92.7 Å². The van der Waals surface area contributed by atoms with Gasteiger partial charge in [-0.05, 0) is 72.4 Å². The van der Waals surface area contributed by atoms with Crippen LogP contribution in [-0.2, 0) is 6.54 Å². The Hall–Kier alpha value is -2.09. The van der Waals surface area contributed by atoms with E-state index in [-0.39, 0.29) is 0 Å².